The summed E-state index contributed by atoms with van der Waals surface area (Å²) in [6, 6.07) is 9.84. The number of hydrogen-bond acceptors (Lipinski definition) is 3. The van der Waals surface area contributed by atoms with Crippen molar-refractivity contribution >= 4 is 11.0 Å². The van der Waals surface area contributed by atoms with Gasteiger partial charge in [-0.05, 0) is 36.5 Å². The smallest absolute Gasteiger partial charge is 0.128 e. The zero-order valence-corrected chi connectivity index (χ0v) is 12.3. The van der Waals surface area contributed by atoms with Gasteiger partial charge in [0.2, 0.25) is 0 Å². The van der Waals surface area contributed by atoms with Crippen molar-refractivity contribution in [3.05, 3.63) is 41.5 Å². The molecular weight excluding hydrogens is 262 g/mol. The van der Waals surface area contributed by atoms with Crippen LogP contribution < -0.4 is 0 Å². The van der Waals surface area contributed by atoms with Crippen LogP contribution >= 0.6 is 0 Å². The van der Waals surface area contributed by atoms with Gasteiger partial charge in [0, 0.05) is 0 Å². The number of H-pyrrole nitrogens is 1. The average molecular weight is 281 g/mol. The van der Waals surface area contributed by atoms with E-state index in [4.69, 9.17) is 0 Å². The molecule has 3 rings (SSSR count). The summed E-state index contributed by atoms with van der Waals surface area (Å²) in [7, 11) is 0. The second-order valence-corrected chi connectivity index (χ2v) is 5.33. The number of aryl methyl sites for hydroxylation is 1. The lowest BCUT2D eigenvalue weighted by Crippen LogP contribution is -1.95. The highest BCUT2D eigenvalue weighted by atomic mass is 16.3. The van der Waals surface area contributed by atoms with Crippen molar-refractivity contribution in [1.82, 2.24) is 15.4 Å². The van der Waals surface area contributed by atoms with Crippen LogP contribution in [0.5, 0.6) is 5.75 Å². The molecule has 0 aliphatic rings. The van der Waals surface area contributed by atoms with Crippen molar-refractivity contribution in [1.29, 1.82) is 0 Å². The van der Waals surface area contributed by atoms with Crippen LogP contribution in [0.1, 0.15) is 30.9 Å². The Labute approximate surface area is 123 Å². The molecule has 1 aromatic heterocycles. The van der Waals surface area contributed by atoms with E-state index in [-0.39, 0.29) is 0 Å². The van der Waals surface area contributed by atoms with Gasteiger partial charge in [0.1, 0.15) is 11.3 Å². The van der Waals surface area contributed by atoms with Crippen molar-refractivity contribution in [3.63, 3.8) is 0 Å². The molecule has 0 aliphatic carbocycles. The van der Waals surface area contributed by atoms with Gasteiger partial charge < -0.3 is 5.11 Å². The number of aromatic amines is 1. The van der Waals surface area contributed by atoms with E-state index in [1.54, 1.807) is 0 Å². The molecule has 0 saturated heterocycles. The predicted octanol–water partition coefficient (Wildman–Crippen LogP) is 3.98. The molecule has 1 heterocycles. The molecule has 0 radical (unpaired) electrons. The Hall–Kier alpha value is -2.36. The number of unbranched alkanes of at least 4 members (excludes halogenated alkanes) is 1. The Morgan fingerprint density at radius 3 is 2.67 bits per heavy atom. The number of fused-ring (bicyclic) bond motifs is 1. The number of benzene rings is 2. The summed E-state index contributed by atoms with van der Waals surface area (Å²) in [5.41, 5.74) is 5.44. The van der Waals surface area contributed by atoms with Crippen LogP contribution in [0.3, 0.4) is 0 Å². The van der Waals surface area contributed by atoms with E-state index in [0.717, 1.165) is 52.5 Å². The lowest BCUT2D eigenvalue weighted by Gasteiger charge is -2.13. The normalized spacial score (nSPS) is 11.1. The second kappa shape index (κ2) is 5.56. The van der Waals surface area contributed by atoms with Crippen LogP contribution in [0.25, 0.3) is 22.2 Å². The Morgan fingerprint density at radius 1 is 1.19 bits per heavy atom. The fourth-order valence-corrected chi connectivity index (χ4v) is 2.79. The molecule has 3 aromatic rings. The Morgan fingerprint density at radius 2 is 1.95 bits per heavy atom. The molecule has 4 nitrogen and oxygen atoms in total. The molecular formula is C17H19N3O. The van der Waals surface area contributed by atoms with Crippen molar-refractivity contribution in [3.8, 4) is 16.9 Å². The zero-order chi connectivity index (χ0) is 14.8. The number of aromatic hydroxyl groups is 1. The largest absolute Gasteiger partial charge is 0.507 e. The first-order valence-corrected chi connectivity index (χ1v) is 7.34. The molecule has 21 heavy (non-hydrogen) atoms. The van der Waals surface area contributed by atoms with E-state index in [0.29, 0.717) is 5.75 Å². The van der Waals surface area contributed by atoms with Gasteiger partial charge in [-0.25, -0.2) is 0 Å². The molecule has 4 heteroatoms. The molecule has 2 N–H and O–H groups in total. The van der Waals surface area contributed by atoms with Gasteiger partial charge >= 0.3 is 0 Å². The van der Waals surface area contributed by atoms with E-state index in [1.807, 2.05) is 37.3 Å². The average Bonchev–Trinajstić information content (AvgIpc) is 2.98. The van der Waals surface area contributed by atoms with Crippen LogP contribution in [-0.2, 0) is 6.42 Å². The summed E-state index contributed by atoms with van der Waals surface area (Å²) in [6.45, 7) is 4.13. The van der Waals surface area contributed by atoms with Gasteiger partial charge in [0.05, 0.1) is 11.1 Å². The van der Waals surface area contributed by atoms with Gasteiger partial charge in [-0.15, -0.1) is 5.10 Å². The molecule has 0 aliphatic heterocycles. The molecule has 0 saturated carbocycles. The Kier molecular flexibility index (Phi) is 3.60. The lowest BCUT2D eigenvalue weighted by atomic mass is 9.93. The summed E-state index contributed by atoms with van der Waals surface area (Å²) in [4.78, 5) is 0. The summed E-state index contributed by atoms with van der Waals surface area (Å²) in [5, 5.41) is 21.8. The van der Waals surface area contributed by atoms with Gasteiger partial charge in [-0.3, -0.25) is 5.10 Å². The second-order valence-electron chi connectivity index (χ2n) is 5.33. The van der Waals surface area contributed by atoms with Crippen LogP contribution in [0, 0.1) is 6.92 Å². The van der Waals surface area contributed by atoms with E-state index in [2.05, 4.69) is 22.3 Å². The van der Waals surface area contributed by atoms with E-state index in [1.165, 1.54) is 0 Å². The Balaban J connectivity index is 2.28. The molecule has 0 unspecified atom stereocenters. The number of aromatic nitrogens is 3. The van der Waals surface area contributed by atoms with Crippen LogP contribution in [-0.4, -0.2) is 20.5 Å². The standard InChI is InChI=1S/C17H19N3O/c1-3-4-10-13-11(2)17(21)14(12-8-6-5-7-9-12)16-15(13)18-20-19-16/h5-9,21H,3-4,10H2,1-2H3,(H,18,19,20). The number of nitrogens with one attached hydrogen (secondary N) is 1. The van der Waals surface area contributed by atoms with Crippen LogP contribution in [0.4, 0.5) is 0 Å². The van der Waals surface area contributed by atoms with Crippen molar-refractivity contribution in [2.75, 3.05) is 0 Å². The summed E-state index contributed by atoms with van der Waals surface area (Å²) in [6.07, 6.45) is 3.12. The quantitative estimate of drug-likeness (QED) is 0.760. The highest BCUT2D eigenvalue weighted by molar-refractivity contribution is 5.98. The van der Waals surface area contributed by atoms with Crippen molar-refractivity contribution < 1.29 is 5.11 Å². The van der Waals surface area contributed by atoms with Crippen LogP contribution in [0.2, 0.25) is 0 Å². The van der Waals surface area contributed by atoms with E-state index in [9.17, 15) is 5.11 Å². The van der Waals surface area contributed by atoms with E-state index >= 15 is 0 Å². The van der Waals surface area contributed by atoms with Gasteiger partial charge in [-0.2, -0.15) is 0 Å². The Bertz CT molecular complexity index is 763. The van der Waals surface area contributed by atoms with Gasteiger partial charge in [0.25, 0.3) is 0 Å². The minimum atomic E-state index is 0.314. The first-order valence-electron chi connectivity index (χ1n) is 7.34. The number of phenolic OH excluding ortho intramolecular Hbond substituents is 1. The van der Waals surface area contributed by atoms with Gasteiger partial charge in [0.15, 0.2) is 0 Å². The molecule has 0 bridgehead atoms. The molecule has 2 aromatic carbocycles. The van der Waals surface area contributed by atoms with Crippen molar-refractivity contribution in [2.24, 2.45) is 0 Å². The summed E-state index contributed by atoms with van der Waals surface area (Å²) < 4.78 is 0. The summed E-state index contributed by atoms with van der Waals surface area (Å²) in [5.74, 6) is 0.314. The maximum Gasteiger partial charge on any atom is 0.128 e. The highest BCUT2D eigenvalue weighted by Gasteiger charge is 2.19. The predicted molar refractivity (Wildman–Crippen MR) is 84.3 cm³/mol. The lowest BCUT2D eigenvalue weighted by molar-refractivity contribution is 0.472. The number of rotatable bonds is 4. The van der Waals surface area contributed by atoms with Crippen molar-refractivity contribution in [2.45, 2.75) is 33.1 Å². The third kappa shape index (κ3) is 2.27. The SMILES string of the molecule is CCCCc1c(C)c(O)c(-c2ccccc2)c2nn[nH]c12. The fraction of sp³-hybridized carbons (Fsp3) is 0.294. The number of nitrogens with zero attached hydrogens (tertiary/aromatic N) is 2. The molecule has 108 valence electrons. The third-order valence-electron chi connectivity index (χ3n) is 3.97. The maximum atomic E-state index is 10.7. The number of hydrogen-bond donors (Lipinski definition) is 2. The number of phenols is 1. The minimum Gasteiger partial charge on any atom is -0.507 e. The molecule has 0 spiro atoms. The summed E-state index contributed by atoms with van der Waals surface area (Å²) >= 11 is 0. The zero-order valence-electron chi connectivity index (χ0n) is 12.3. The fourth-order valence-electron chi connectivity index (χ4n) is 2.79. The van der Waals surface area contributed by atoms with Crippen LogP contribution in [0.15, 0.2) is 30.3 Å². The molecule has 0 amide bonds. The van der Waals surface area contributed by atoms with E-state index < -0.39 is 0 Å². The maximum absolute atomic E-state index is 10.7. The molecule has 0 atom stereocenters. The topological polar surface area (TPSA) is 61.8 Å². The first-order chi connectivity index (χ1) is 10.2. The molecule has 0 fully saturated rings. The highest BCUT2D eigenvalue weighted by Crippen LogP contribution is 2.40. The minimum absolute atomic E-state index is 0.314. The van der Waals surface area contributed by atoms with Gasteiger partial charge in [-0.1, -0.05) is 48.9 Å². The monoisotopic (exact) mass is 281 g/mol. The first kappa shape index (κ1) is 13.6. The third-order valence-corrected chi connectivity index (χ3v) is 3.97.